The number of carbonyl (C=O) groups excluding carboxylic acids is 1. The third-order valence-electron chi connectivity index (χ3n) is 3.65. The molecule has 122 valence electrons. The van der Waals surface area contributed by atoms with Gasteiger partial charge in [-0.2, -0.15) is 0 Å². The molecule has 0 saturated carbocycles. The Morgan fingerprint density at radius 1 is 1.36 bits per heavy atom. The van der Waals surface area contributed by atoms with Crippen molar-refractivity contribution < 1.29 is 13.9 Å². The van der Waals surface area contributed by atoms with E-state index in [1.807, 2.05) is 4.90 Å². The Kier molecular flexibility index (Phi) is 6.32. The number of halogens is 1. The quantitative estimate of drug-likeness (QED) is 0.759. The Morgan fingerprint density at radius 2 is 2.05 bits per heavy atom. The summed E-state index contributed by atoms with van der Waals surface area (Å²) in [6, 6.07) is -0.165. The van der Waals surface area contributed by atoms with Crippen LogP contribution in [0.2, 0.25) is 0 Å². The zero-order valence-electron chi connectivity index (χ0n) is 12.7. The lowest BCUT2D eigenvalue weighted by Gasteiger charge is -2.31. The molecule has 1 aliphatic rings. The van der Waals surface area contributed by atoms with Crippen molar-refractivity contribution in [1.82, 2.24) is 20.6 Å². The van der Waals surface area contributed by atoms with Crippen molar-refractivity contribution in [2.24, 2.45) is 5.92 Å². The number of anilines is 1. The van der Waals surface area contributed by atoms with Crippen LogP contribution >= 0.6 is 0 Å². The van der Waals surface area contributed by atoms with Gasteiger partial charge in [-0.15, -0.1) is 0 Å². The molecule has 0 aromatic carbocycles. The van der Waals surface area contributed by atoms with E-state index in [0.29, 0.717) is 31.6 Å². The highest BCUT2D eigenvalue weighted by molar-refractivity contribution is 5.73. The van der Waals surface area contributed by atoms with E-state index in [9.17, 15) is 9.18 Å². The smallest absolute Gasteiger partial charge is 0.314 e. The summed E-state index contributed by atoms with van der Waals surface area (Å²) in [5, 5.41) is 5.59. The predicted molar refractivity (Wildman–Crippen MR) is 80.2 cm³/mol. The topological polar surface area (TPSA) is 79.4 Å². The number of urea groups is 1. The highest BCUT2D eigenvalue weighted by atomic mass is 19.1. The Morgan fingerprint density at radius 3 is 2.68 bits per heavy atom. The van der Waals surface area contributed by atoms with Crippen LogP contribution in [0.15, 0.2) is 12.4 Å². The number of ether oxygens (including phenoxy) is 1. The summed E-state index contributed by atoms with van der Waals surface area (Å²) in [4.78, 5) is 21.6. The Balaban J connectivity index is 1.66. The van der Waals surface area contributed by atoms with Gasteiger partial charge in [-0.25, -0.2) is 19.2 Å². The predicted octanol–water partition coefficient (Wildman–Crippen LogP) is 0.778. The molecule has 0 spiro atoms. The number of nitrogens with zero attached hydrogens (tertiary/aromatic N) is 3. The molecule has 0 atom stereocenters. The molecule has 1 saturated heterocycles. The Hall–Kier alpha value is -1.96. The average Bonchev–Trinajstić information content (AvgIpc) is 2.54. The van der Waals surface area contributed by atoms with Crippen LogP contribution in [0.4, 0.5) is 15.1 Å². The number of hydrogen-bond donors (Lipinski definition) is 2. The molecule has 7 nitrogen and oxygen atoms in total. The summed E-state index contributed by atoms with van der Waals surface area (Å²) in [6.45, 7) is 3.27. The number of methoxy groups -OCH3 is 1. The van der Waals surface area contributed by atoms with Gasteiger partial charge in [0.05, 0.1) is 19.0 Å². The van der Waals surface area contributed by atoms with Gasteiger partial charge in [0, 0.05) is 33.3 Å². The van der Waals surface area contributed by atoms with Crippen molar-refractivity contribution in [1.29, 1.82) is 0 Å². The maximum Gasteiger partial charge on any atom is 0.314 e. The van der Waals surface area contributed by atoms with E-state index in [2.05, 4.69) is 20.6 Å². The molecule has 1 aliphatic heterocycles. The second-order valence-corrected chi connectivity index (χ2v) is 5.26. The molecule has 2 heterocycles. The lowest BCUT2D eigenvalue weighted by atomic mass is 9.97. The molecule has 1 fully saturated rings. The van der Waals surface area contributed by atoms with Gasteiger partial charge in [0.25, 0.3) is 0 Å². The summed E-state index contributed by atoms with van der Waals surface area (Å²) in [7, 11) is 1.60. The minimum absolute atomic E-state index is 0.165. The fraction of sp³-hybridized carbons (Fsp3) is 0.643. The maximum atomic E-state index is 12.8. The van der Waals surface area contributed by atoms with E-state index in [1.165, 1.54) is 12.4 Å². The number of nitrogens with one attached hydrogen (secondary N) is 2. The first kappa shape index (κ1) is 16.4. The molecule has 1 aromatic rings. The van der Waals surface area contributed by atoms with Gasteiger partial charge < -0.3 is 20.3 Å². The Bertz CT molecular complexity index is 463. The summed E-state index contributed by atoms with van der Waals surface area (Å²) in [5.74, 6) is 0.567. The summed E-state index contributed by atoms with van der Waals surface area (Å²) in [5.41, 5.74) is 0. The van der Waals surface area contributed by atoms with Crippen LogP contribution in [0, 0.1) is 11.7 Å². The van der Waals surface area contributed by atoms with Crippen LogP contribution in [0.5, 0.6) is 0 Å². The van der Waals surface area contributed by atoms with Gasteiger partial charge in [0.2, 0.25) is 5.95 Å². The normalized spacial score (nSPS) is 15.6. The number of amides is 2. The molecular formula is C14H22FN5O2. The van der Waals surface area contributed by atoms with Crippen molar-refractivity contribution in [2.45, 2.75) is 12.8 Å². The van der Waals surface area contributed by atoms with E-state index >= 15 is 0 Å². The van der Waals surface area contributed by atoms with Gasteiger partial charge in [-0.3, -0.25) is 0 Å². The van der Waals surface area contributed by atoms with Crippen molar-refractivity contribution >= 4 is 12.0 Å². The highest BCUT2D eigenvalue weighted by Crippen LogP contribution is 2.19. The van der Waals surface area contributed by atoms with Crippen LogP contribution in [0.3, 0.4) is 0 Å². The highest BCUT2D eigenvalue weighted by Gasteiger charge is 2.21. The zero-order chi connectivity index (χ0) is 15.8. The van der Waals surface area contributed by atoms with E-state index in [4.69, 9.17) is 4.74 Å². The largest absolute Gasteiger partial charge is 0.383 e. The third-order valence-corrected chi connectivity index (χ3v) is 3.65. The average molecular weight is 311 g/mol. The van der Waals surface area contributed by atoms with Crippen molar-refractivity contribution in [2.75, 3.05) is 44.8 Å². The first-order valence-electron chi connectivity index (χ1n) is 7.42. The minimum atomic E-state index is -0.428. The number of rotatable bonds is 6. The van der Waals surface area contributed by atoms with Crippen molar-refractivity contribution in [3.63, 3.8) is 0 Å². The van der Waals surface area contributed by atoms with Gasteiger partial charge in [0.1, 0.15) is 0 Å². The van der Waals surface area contributed by atoms with Gasteiger partial charge in [-0.05, 0) is 18.8 Å². The first-order chi connectivity index (χ1) is 10.7. The second kappa shape index (κ2) is 8.47. The SMILES string of the molecule is COCCNC(=O)NCC1CCN(c2ncc(F)cn2)CC1. The molecule has 0 unspecified atom stereocenters. The molecule has 1 aromatic heterocycles. The van der Waals surface area contributed by atoms with Gasteiger partial charge >= 0.3 is 6.03 Å². The molecular weight excluding hydrogens is 289 g/mol. The zero-order valence-corrected chi connectivity index (χ0v) is 12.7. The summed E-state index contributed by atoms with van der Waals surface area (Å²) in [6.07, 6.45) is 4.25. The van der Waals surface area contributed by atoms with Crippen LogP contribution in [0.25, 0.3) is 0 Å². The molecule has 0 aliphatic carbocycles. The number of hydrogen-bond acceptors (Lipinski definition) is 5. The number of carbonyl (C=O) groups is 1. The van der Waals surface area contributed by atoms with Gasteiger partial charge in [-0.1, -0.05) is 0 Å². The van der Waals surface area contributed by atoms with Gasteiger partial charge in [0.15, 0.2) is 5.82 Å². The lowest BCUT2D eigenvalue weighted by molar-refractivity contribution is 0.195. The van der Waals surface area contributed by atoms with Crippen LogP contribution < -0.4 is 15.5 Å². The Labute approximate surface area is 129 Å². The number of piperidine rings is 1. The minimum Gasteiger partial charge on any atom is -0.383 e. The van der Waals surface area contributed by atoms with E-state index in [0.717, 1.165) is 25.9 Å². The maximum absolute atomic E-state index is 12.8. The molecule has 8 heteroatoms. The fourth-order valence-electron chi connectivity index (χ4n) is 2.37. The monoisotopic (exact) mass is 311 g/mol. The number of aromatic nitrogens is 2. The van der Waals surface area contributed by atoms with Crippen LogP contribution in [-0.2, 0) is 4.74 Å². The van der Waals surface area contributed by atoms with Crippen LogP contribution in [0.1, 0.15) is 12.8 Å². The summed E-state index contributed by atoms with van der Waals surface area (Å²) >= 11 is 0. The molecule has 2 N–H and O–H groups in total. The lowest BCUT2D eigenvalue weighted by Crippen LogP contribution is -2.43. The molecule has 2 amide bonds. The molecule has 0 bridgehead atoms. The summed E-state index contributed by atoms with van der Waals surface area (Å²) < 4.78 is 17.7. The van der Waals surface area contributed by atoms with E-state index < -0.39 is 5.82 Å². The van der Waals surface area contributed by atoms with E-state index in [1.54, 1.807) is 7.11 Å². The molecule has 0 radical (unpaired) electrons. The second-order valence-electron chi connectivity index (χ2n) is 5.26. The van der Waals surface area contributed by atoms with Crippen molar-refractivity contribution in [3.8, 4) is 0 Å². The fourth-order valence-corrected chi connectivity index (χ4v) is 2.37. The molecule has 22 heavy (non-hydrogen) atoms. The first-order valence-corrected chi connectivity index (χ1v) is 7.42. The standard InChI is InChI=1S/C14H22FN5O2/c1-22-7-4-16-14(21)19-8-11-2-5-20(6-3-11)13-17-9-12(15)10-18-13/h9-11H,2-8H2,1H3,(H2,16,19,21). The molecule has 2 rings (SSSR count). The van der Waals surface area contributed by atoms with Crippen molar-refractivity contribution in [3.05, 3.63) is 18.2 Å². The van der Waals surface area contributed by atoms with Crippen LogP contribution in [-0.4, -0.2) is 55.9 Å². The third kappa shape index (κ3) is 5.10. The van der Waals surface area contributed by atoms with E-state index in [-0.39, 0.29) is 6.03 Å².